The number of benzene rings is 1. The summed E-state index contributed by atoms with van der Waals surface area (Å²) in [4.78, 5) is 8.81. The summed E-state index contributed by atoms with van der Waals surface area (Å²) in [5, 5.41) is 7.75. The lowest BCUT2D eigenvalue weighted by Gasteiger charge is -2.17. The number of rotatable bonds is 4. The second-order valence-corrected chi connectivity index (χ2v) is 5.37. The van der Waals surface area contributed by atoms with E-state index < -0.39 is 0 Å². The molecule has 1 aliphatic carbocycles. The molecule has 2 aromatic heterocycles. The van der Waals surface area contributed by atoms with E-state index in [-0.39, 0.29) is 0 Å². The third kappa shape index (κ3) is 2.16. The molecule has 0 amide bonds. The molecule has 1 aromatic carbocycles. The van der Waals surface area contributed by atoms with Crippen LogP contribution in [-0.2, 0) is 12.8 Å². The van der Waals surface area contributed by atoms with Gasteiger partial charge in [0.05, 0.1) is 19.9 Å². The molecule has 0 saturated heterocycles. The Labute approximate surface area is 133 Å². The molecule has 0 atom stereocenters. The first kappa shape index (κ1) is 13.8. The minimum absolute atomic E-state index is 0.599. The zero-order chi connectivity index (χ0) is 15.8. The Bertz CT molecular complexity index is 852. The molecule has 118 valence electrons. The largest absolute Gasteiger partial charge is 0.494 e. The predicted molar refractivity (Wildman–Crippen MR) is 85.6 cm³/mol. The summed E-state index contributed by atoms with van der Waals surface area (Å²) < 4.78 is 12.7. The molecule has 7 heteroatoms. The van der Waals surface area contributed by atoms with E-state index in [1.807, 2.05) is 18.2 Å². The lowest BCUT2D eigenvalue weighted by molar-refractivity contribution is 0.398. The average Bonchev–Trinajstić information content (AvgIpc) is 3.23. The molecular formula is C16H17N5O2. The first-order chi connectivity index (χ1) is 11.3. The van der Waals surface area contributed by atoms with E-state index in [1.54, 1.807) is 18.7 Å². The standard InChI is InChI=1S/C16H17N5O2/c1-22-12-7-4-8-13(23-2)14(12)20-15-10-5-3-6-11(10)19-16-17-9-18-21(15)16/h4,7-9,20H,3,5-6H2,1-2H3. The van der Waals surface area contributed by atoms with Gasteiger partial charge in [0, 0.05) is 5.56 Å². The molecule has 3 aromatic rings. The van der Waals surface area contributed by atoms with Crippen LogP contribution in [0.1, 0.15) is 17.7 Å². The van der Waals surface area contributed by atoms with Gasteiger partial charge in [-0.3, -0.25) is 0 Å². The van der Waals surface area contributed by atoms with Crippen LogP contribution in [0.5, 0.6) is 11.5 Å². The maximum Gasteiger partial charge on any atom is 0.254 e. The summed E-state index contributed by atoms with van der Waals surface area (Å²) >= 11 is 0. The van der Waals surface area contributed by atoms with Crippen LogP contribution in [0.2, 0.25) is 0 Å². The number of aryl methyl sites for hydroxylation is 1. The summed E-state index contributed by atoms with van der Waals surface area (Å²) in [7, 11) is 3.28. The molecule has 0 bridgehead atoms. The zero-order valence-corrected chi connectivity index (χ0v) is 13.0. The fourth-order valence-electron chi connectivity index (χ4n) is 3.05. The van der Waals surface area contributed by atoms with Crippen molar-refractivity contribution in [1.82, 2.24) is 19.6 Å². The van der Waals surface area contributed by atoms with E-state index in [2.05, 4.69) is 20.4 Å². The highest BCUT2D eigenvalue weighted by atomic mass is 16.5. The van der Waals surface area contributed by atoms with Crippen LogP contribution in [0.4, 0.5) is 11.5 Å². The van der Waals surface area contributed by atoms with Crippen molar-refractivity contribution in [3.8, 4) is 11.5 Å². The maximum absolute atomic E-state index is 5.47. The summed E-state index contributed by atoms with van der Waals surface area (Å²) in [5.74, 6) is 2.90. The third-order valence-electron chi connectivity index (χ3n) is 4.12. The number of para-hydroxylation sites is 1. The van der Waals surface area contributed by atoms with E-state index in [9.17, 15) is 0 Å². The minimum atomic E-state index is 0.599. The van der Waals surface area contributed by atoms with Crippen LogP contribution in [-0.4, -0.2) is 33.8 Å². The second-order valence-electron chi connectivity index (χ2n) is 5.37. The van der Waals surface area contributed by atoms with Crippen molar-refractivity contribution in [3.05, 3.63) is 35.8 Å². The van der Waals surface area contributed by atoms with Gasteiger partial charge in [0.1, 0.15) is 29.3 Å². The van der Waals surface area contributed by atoms with E-state index in [1.165, 1.54) is 11.9 Å². The molecule has 23 heavy (non-hydrogen) atoms. The van der Waals surface area contributed by atoms with Crippen molar-refractivity contribution >= 4 is 17.3 Å². The van der Waals surface area contributed by atoms with E-state index >= 15 is 0 Å². The predicted octanol–water partition coefficient (Wildman–Crippen LogP) is 2.37. The fourth-order valence-corrected chi connectivity index (χ4v) is 3.05. The lowest BCUT2D eigenvalue weighted by atomic mass is 10.2. The SMILES string of the molecule is COc1cccc(OC)c1Nc1c2c(nc3ncnn13)CCC2. The van der Waals surface area contributed by atoms with Gasteiger partial charge in [0.2, 0.25) is 0 Å². The molecule has 1 N–H and O–H groups in total. The normalized spacial score (nSPS) is 13.1. The Morgan fingerprint density at radius 3 is 2.65 bits per heavy atom. The molecule has 0 saturated carbocycles. The Morgan fingerprint density at radius 1 is 1.13 bits per heavy atom. The second kappa shape index (κ2) is 5.42. The van der Waals surface area contributed by atoms with Crippen LogP contribution in [0.25, 0.3) is 5.78 Å². The molecule has 0 aliphatic heterocycles. The molecule has 0 radical (unpaired) electrons. The Kier molecular flexibility index (Phi) is 3.25. The van der Waals surface area contributed by atoms with Gasteiger partial charge in [-0.05, 0) is 31.4 Å². The van der Waals surface area contributed by atoms with Crippen molar-refractivity contribution in [1.29, 1.82) is 0 Å². The zero-order valence-electron chi connectivity index (χ0n) is 13.0. The summed E-state index contributed by atoms with van der Waals surface area (Å²) in [6.45, 7) is 0. The van der Waals surface area contributed by atoms with Crippen LogP contribution in [0.15, 0.2) is 24.5 Å². The third-order valence-corrected chi connectivity index (χ3v) is 4.12. The number of hydrogen-bond acceptors (Lipinski definition) is 6. The van der Waals surface area contributed by atoms with Gasteiger partial charge in [-0.1, -0.05) is 6.07 Å². The Balaban J connectivity index is 1.90. The first-order valence-electron chi connectivity index (χ1n) is 7.51. The first-order valence-corrected chi connectivity index (χ1v) is 7.51. The van der Waals surface area contributed by atoms with Crippen LogP contribution in [0.3, 0.4) is 0 Å². The molecule has 0 spiro atoms. The molecule has 4 rings (SSSR count). The van der Waals surface area contributed by atoms with Crippen molar-refractivity contribution in [3.63, 3.8) is 0 Å². The van der Waals surface area contributed by atoms with Gasteiger partial charge in [-0.25, -0.2) is 4.98 Å². The number of anilines is 2. The van der Waals surface area contributed by atoms with Gasteiger partial charge < -0.3 is 14.8 Å². The van der Waals surface area contributed by atoms with Gasteiger partial charge >= 0.3 is 0 Å². The number of aromatic nitrogens is 4. The number of ether oxygens (including phenoxy) is 2. The van der Waals surface area contributed by atoms with Gasteiger partial charge in [-0.2, -0.15) is 14.6 Å². The van der Waals surface area contributed by atoms with Gasteiger partial charge in [-0.15, -0.1) is 0 Å². The van der Waals surface area contributed by atoms with Crippen molar-refractivity contribution < 1.29 is 9.47 Å². The van der Waals surface area contributed by atoms with Crippen LogP contribution < -0.4 is 14.8 Å². The highest BCUT2D eigenvalue weighted by Gasteiger charge is 2.22. The summed E-state index contributed by atoms with van der Waals surface area (Å²) in [6.07, 6.45) is 4.55. The smallest absolute Gasteiger partial charge is 0.254 e. The number of methoxy groups -OCH3 is 2. The molecule has 2 heterocycles. The minimum Gasteiger partial charge on any atom is -0.494 e. The van der Waals surface area contributed by atoms with Crippen LogP contribution in [0, 0.1) is 0 Å². The van der Waals surface area contributed by atoms with Crippen molar-refractivity contribution in [2.45, 2.75) is 19.3 Å². The highest BCUT2D eigenvalue weighted by Crippen LogP contribution is 2.38. The quantitative estimate of drug-likeness (QED) is 0.797. The van der Waals surface area contributed by atoms with E-state index in [4.69, 9.17) is 9.47 Å². The fraction of sp³-hybridized carbons (Fsp3) is 0.312. The summed E-state index contributed by atoms with van der Waals surface area (Å²) in [6, 6.07) is 5.68. The lowest BCUT2D eigenvalue weighted by Crippen LogP contribution is -2.08. The van der Waals surface area contributed by atoms with Gasteiger partial charge in [0.25, 0.3) is 5.78 Å². The van der Waals surface area contributed by atoms with Crippen molar-refractivity contribution in [2.24, 2.45) is 0 Å². The number of nitrogens with zero attached hydrogens (tertiary/aromatic N) is 4. The number of nitrogens with one attached hydrogen (secondary N) is 1. The Morgan fingerprint density at radius 2 is 1.91 bits per heavy atom. The maximum atomic E-state index is 5.47. The monoisotopic (exact) mass is 311 g/mol. The molecule has 7 nitrogen and oxygen atoms in total. The van der Waals surface area contributed by atoms with E-state index in [0.717, 1.165) is 36.5 Å². The molecular weight excluding hydrogens is 294 g/mol. The summed E-state index contributed by atoms with van der Waals surface area (Å²) in [5.41, 5.74) is 3.03. The molecule has 0 unspecified atom stereocenters. The van der Waals surface area contributed by atoms with Crippen LogP contribution >= 0.6 is 0 Å². The highest BCUT2D eigenvalue weighted by molar-refractivity contribution is 5.74. The van der Waals surface area contributed by atoms with Crippen molar-refractivity contribution in [2.75, 3.05) is 19.5 Å². The molecule has 1 aliphatic rings. The molecule has 0 fully saturated rings. The van der Waals surface area contributed by atoms with E-state index in [0.29, 0.717) is 17.3 Å². The van der Waals surface area contributed by atoms with Gasteiger partial charge in [0.15, 0.2) is 0 Å². The number of hydrogen-bond donors (Lipinski definition) is 1. The topological polar surface area (TPSA) is 73.6 Å². The average molecular weight is 311 g/mol. The Hall–Kier alpha value is -2.83. The number of fused-ring (bicyclic) bond motifs is 2.